The summed E-state index contributed by atoms with van der Waals surface area (Å²) in [5, 5.41) is 3.67. The molecule has 1 atom stereocenters. The minimum absolute atomic E-state index is 0.227. The van der Waals surface area contributed by atoms with Gasteiger partial charge in [-0.1, -0.05) is 42.5 Å². The van der Waals surface area contributed by atoms with Crippen molar-refractivity contribution in [3.8, 4) is 0 Å². The standard InChI is InChI=1S/C16H24N2/c1-4-5-11-18-12-15(17-13-16(18,2)3)14-9-7-6-8-10-14/h4-10,15,17H,11-13H2,1-3H3/b5-4+. The number of allylic oxidation sites excluding steroid dienone is 1. The Morgan fingerprint density at radius 1 is 1.33 bits per heavy atom. The van der Waals surface area contributed by atoms with Crippen molar-refractivity contribution in [2.45, 2.75) is 32.4 Å². The molecule has 0 saturated carbocycles. The number of nitrogens with one attached hydrogen (secondary N) is 1. The molecule has 1 aromatic rings. The van der Waals surface area contributed by atoms with Crippen LogP contribution in [-0.2, 0) is 0 Å². The highest BCUT2D eigenvalue weighted by molar-refractivity contribution is 5.20. The van der Waals surface area contributed by atoms with Gasteiger partial charge in [-0.3, -0.25) is 4.90 Å². The number of piperazine rings is 1. The van der Waals surface area contributed by atoms with E-state index in [1.54, 1.807) is 0 Å². The Labute approximate surface area is 111 Å². The van der Waals surface area contributed by atoms with Crippen LogP contribution in [0.1, 0.15) is 32.4 Å². The van der Waals surface area contributed by atoms with Gasteiger partial charge in [0.1, 0.15) is 0 Å². The summed E-state index contributed by atoms with van der Waals surface area (Å²) in [6.45, 7) is 9.85. The summed E-state index contributed by atoms with van der Waals surface area (Å²) >= 11 is 0. The Bertz CT molecular complexity index is 395. The second-order valence-corrected chi connectivity index (χ2v) is 5.63. The van der Waals surface area contributed by atoms with Gasteiger partial charge in [-0.25, -0.2) is 0 Å². The van der Waals surface area contributed by atoms with Crippen molar-refractivity contribution in [3.05, 3.63) is 48.0 Å². The van der Waals surface area contributed by atoms with E-state index in [1.165, 1.54) is 5.56 Å². The van der Waals surface area contributed by atoms with E-state index in [9.17, 15) is 0 Å². The van der Waals surface area contributed by atoms with Crippen LogP contribution in [-0.4, -0.2) is 30.1 Å². The molecule has 0 aliphatic carbocycles. The van der Waals surface area contributed by atoms with E-state index in [-0.39, 0.29) is 5.54 Å². The van der Waals surface area contributed by atoms with Gasteiger partial charge < -0.3 is 5.32 Å². The molecule has 1 N–H and O–H groups in total. The lowest BCUT2D eigenvalue weighted by atomic mass is 9.94. The molecule has 1 heterocycles. The summed E-state index contributed by atoms with van der Waals surface area (Å²) in [6, 6.07) is 11.2. The Kier molecular flexibility index (Phi) is 4.20. The van der Waals surface area contributed by atoms with E-state index < -0.39 is 0 Å². The summed E-state index contributed by atoms with van der Waals surface area (Å²) in [4.78, 5) is 2.56. The lowest BCUT2D eigenvalue weighted by Crippen LogP contribution is -2.58. The molecule has 1 fully saturated rings. The topological polar surface area (TPSA) is 15.3 Å². The maximum Gasteiger partial charge on any atom is 0.0450 e. The zero-order chi connectivity index (χ0) is 13.0. The maximum atomic E-state index is 3.67. The van der Waals surface area contributed by atoms with E-state index in [2.05, 4.69) is 73.5 Å². The third kappa shape index (κ3) is 3.01. The zero-order valence-corrected chi connectivity index (χ0v) is 11.7. The van der Waals surface area contributed by atoms with Gasteiger partial charge in [-0.05, 0) is 26.3 Å². The first-order valence-corrected chi connectivity index (χ1v) is 6.78. The normalized spacial score (nSPS) is 24.5. The minimum Gasteiger partial charge on any atom is -0.307 e. The zero-order valence-electron chi connectivity index (χ0n) is 11.7. The van der Waals surface area contributed by atoms with Gasteiger partial charge >= 0.3 is 0 Å². The van der Waals surface area contributed by atoms with Crippen LogP contribution in [0.2, 0.25) is 0 Å². The number of benzene rings is 1. The fraction of sp³-hybridized carbons (Fsp3) is 0.500. The van der Waals surface area contributed by atoms with Crippen LogP contribution in [0.15, 0.2) is 42.5 Å². The summed E-state index contributed by atoms with van der Waals surface area (Å²) in [5.41, 5.74) is 1.61. The molecule has 0 aromatic heterocycles. The maximum absolute atomic E-state index is 3.67. The van der Waals surface area contributed by atoms with Crippen molar-refractivity contribution in [1.82, 2.24) is 10.2 Å². The smallest absolute Gasteiger partial charge is 0.0450 e. The molecule has 1 aromatic carbocycles. The average molecular weight is 244 g/mol. The first-order valence-electron chi connectivity index (χ1n) is 6.78. The van der Waals surface area contributed by atoms with Crippen molar-refractivity contribution in [3.63, 3.8) is 0 Å². The fourth-order valence-electron chi connectivity index (χ4n) is 2.48. The number of hydrogen-bond donors (Lipinski definition) is 1. The molecule has 0 spiro atoms. The lowest BCUT2D eigenvalue weighted by molar-refractivity contribution is 0.0784. The van der Waals surface area contributed by atoms with Gasteiger partial charge in [-0.15, -0.1) is 0 Å². The summed E-state index contributed by atoms with van der Waals surface area (Å²) in [6.07, 6.45) is 4.38. The highest BCUT2D eigenvalue weighted by atomic mass is 15.3. The van der Waals surface area contributed by atoms with E-state index in [4.69, 9.17) is 0 Å². The van der Waals surface area contributed by atoms with Crippen LogP contribution in [0.4, 0.5) is 0 Å². The number of nitrogens with zero attached hydrogens (tertiary/aromatic N) is 1. The van der Waals surface area contributed by atoms with Gasteiger partial charge in [0.05, 0.1) is 0 Å². The van der Waals surface area contributed by atoms with Crippen LogP contribution in [0.25, 0.3) is 0 Å². The van der Waals surface area contributed by atoms with Crippen molar-refractivity contribution in [1.29, 1.82) is 0 Å². The third-order valence-corrected chi connectivity index (χ3v) is 3.80. The molecule has 1 aliphatic heterocycles. The van der Waals surface area contributed by atoms with E-state index in [0.717, 1.165) is 19.6 Å². The third-order valence-electron chi connectivity index (χ3n) is 3.80. The molecule has 18 heavy (non-hydrogen) atoms. The van der Waals surface area contributed by atoms with Gasteiger partial charge in [0, 0.05) is 31.2 Å². The van der Waals surface area contributed by atoms with Gasteiger partial charge in [-0.2, -0.15) is 0 Å². The molecule has 98 valence electrons. The highest BCUT2D eigenvalue weighted by Crippen LogP contribution is 2.25. The largest absolute Gasteiger partial charge is 0.307 e. The van der Waals surface area contributed by atoms with Crippen molar-refractivity contribution in [2.75, 3.05) is 19.6 Å². The molecule has 0 bridgehead atoms. The second-order valence-electron chi connectivity index (χ2n) is 5.63. The van der Waals surface area contributed by atoms with Crippen molar-refractivity contribution < 1.29 is 0 Å². The SMILES string of the molecule is C/C=C/CN1CC(c2ccccc2)NCC1(C)C. The average Bonchev–Trinajstić information content (AvgIpc) is 2.38. The molecule has 2 rings (SSSR count). The molecular weight excluding hydrogens is 220 g/mol. The molecule has 2 heteroatoms. The quantitative estimate of drug-likeness (QED) is 0.822. The molecule has 1 aliphatic rings. The summed E-state index contributed by atoms with van der Waals surface area (Å²) in [7, 11) is 0. The first-order chi connectivity index (χ1) is 8.63. The fourth-order valence-corrected chi connectivity index (χ4v) is 2.48. The molecule has 1 unspecified atom stereocenters. The van der Waals surface area contributed by atoms with Crippen LogP contribution in [0.3, 0.4) is 0 Å². The van der Waals surface area contributed by atoms with E-state index in [1.807, 2.05) is 0 Å². The number of hydrogen-bond acceptors (Lipinski definition) is 2. The van der Waals surface area contributed by atoms with Crippen molar-refractivity contribution >= 4 is 0 Å². The molecular formula is C16H24N2. The van der Waals surface area contributed by atoms with Gasteiger partial charge in [0.15, 0.2) is 0 Å². The van der Waals surface area contributed by atoms with Crippen LogP contribution < -0.4 is 5.32 Å². The first kappa shape index (κ1) is 13.3. The van der Waals surface area contributed by atoms with Crippen LogP contribution in [0.5, 0.6) is 0 Å². The predicted octanol–water partition coefficient (Wildman–Crippen LogP) is 2.99. The van der Waals surface area contributed by atoms with Crippen LogP contribution >= 0.6 is 0 Å². The molecule has 0 amide bonds. The minimum atomic E-state index is 0.227. The molecule has 2 nitrogen and oxygen atoms in total. The van der Waals surface area contributed by atoms with E-state index in [0.29, 0.717) is 6.04 Å². The van der Waals surface area contributed by atoms with Gasteiger partial charge in [0.25, 0.3) is 0 Å². The molecule has 1 saturated heterocycles. The Morgan fingerprint density at radius 3 is 2.72 bits per heavy atom. The lowest BCUT2D eigenvalue weighted by Gasteiger charge is -2.46. The monoisotopic (exact) mass is 244 g/mol. The molecule has 0 radical (unpaired) electrons. The Morgan fingerprint density at radius 2 is 2.06 bits per heavy atom. The summed E-state index contributed by atoms with van der Waals surface area (Å²) in [5.74, 6) is 0. The van der Waals surface area contributed by atoms with Crippen LogP contribution in [0, 0.1) is 0 Å². The number of rotatable bonds is 3. The summed E-state index contributed by atoms with van der Waals surface area (Å²) < 4.78 is 0. The Balaban J connectivity index is 2.09. The second kappa shape index (κ2) is 5.68. The highest BCUT2D eigenvalue weighted by Gasteiger charge is 2.33. The Hall–Kier alpha value is -1.12. The van der Waals surface area contributed by atoms with E-state index >= 15 is 0 Å². The predicted molar refractivity (Wildman–Crippen MR) is 77.7 cm³/mol. The van der Waals surface area contributed by atoms with Gasteiger partial charge in [0.2, 0.25) is 0 Å². The van der Waals surface area contributed by atoms with Crippen molar-refractivity contribution in [2.24, 2.45) is 0 Å².